The molecule has 0 spiro atoms. The van der Waals surface area contributed by atoms with Crippen LogP contribution in [0.3, 0.4) is 0 Å². The zero-order valence-electron chi connectivity index (χ0n) is 11.4. The first-order chi connectivity index (χ1) is 9.54. The number of primary amides is 1. The number of amides is 1. The van der Waals surface area contributed by atoms with Crippen molar-refractivity contribution in [1.82, 2.24) is 0 Å². The number of fused-ring (bicyclic) bond motifs is 1. The molecule has 2 fully saturated rings. The molecule has 1 saturated carbocycles. The number of anilines is 1. The fourth-order valence-corrected chi connectivity index (χ4v) is 3.58. The summed E-state index contributed by atoms with van der Waals surface area (Å²) in [6.07, 6.45) is 3.23. The summed E-state index contributed by atoms with van der Waals surface area (Å²) in [6, 6.07) is 4.77. The van der Waals surface area contributed by atoms with Crippen LogP contribution in [0.5, 0.6) is 0 Å². The highest BCUT2D eigenvalue weighted by Crippen LogP contribution is 2.38. The second kappa shape index (κ2) is 5.05. The van der Waals surface area contributed by atoms with Gasteiger partial charge in [0.05, 0.1) is 5.69 Å². The van der Waals surface area contributed by atoms with Gasteiger partial charge in [0.15, 0.2) is 0 Å². The molecule has 1 unspecified atom stereocenters. The summed E-state index contributed by atoms with van der Waals surface area (Å²) in [5.74, 6) is 0.208. The Labute approximate surface area is 117 Å². The van der Waals surface area contributed by atoms with E-state index in [9.17, 15) is 9.18 Å². The number of benzene rings is 1. The fourth-order valence-electron chi connectivity index (χ4n) is 3.58. The quantitative estimate of drug-likeness (QED) is 0.860. The van der Waals surface area contributed by atoms with Crippen molar-refractivity contribution in [1.29, 1.82) is 0 Å². The van der Waals surface area contributed by atoms with Crippen LogP contribution in [-0.2, 0) is 0 Å². The Morgan fingerprint density at radius 1 is 1.25 bits per heavy atom. The summed E-state index contributed by atoms with van der Waals surface area (Å²) in [5.41, 5.74) is 12.0. The van der Waals surface area contributed by atoms with Gasteiger partial charge in [0.1, 0.15) is 5.82 Å². The molecule has 3 rings (SSSR count). The van der Waals surface area contributed by atoms with Crippen LogP contribution in [-0.4, -0.2) is 25.0 Å². The van der Waals surface area contributed by atoms with E-state index in [0.717, 1.165) is 32.4 Å². The molecule has 0 aromatic heterocycles. The summed E-state index contributed by atoms with van der Waals surface area (Å²) < 4.78 is 14.1. The Morgan fingerprint density at radius 2 is 2.00 bits per heavy atom. The standard InChI is InChI=1S/C15H20FN3O/c16-13-6-9(15(18)20)2-4-14(13)19-7-10-1-3-12(17)5-11(10)8-19/h2,4,6,10-12H,1,3,5,7-8,17H2,(H2,18,20)/t10-,11+,12?/m1/s1. The van der Waals surface area contributed by atoms with E-state index in [1.807, 2.05) is 0 Å². The highest BCUT2D eigenvalue weighted by molar-refractivity contribution is 5.93. The normalized spacial score (nSPS) is 29.3. The highest BCUT2D eigenvalue weighted by Gasteiger charge is 2.37. The van der Waals surface area contributed by atoms with Crippen LogP contribution in [0.1, 0.15) is 29.6 Å². The van der Waals surface area contributed by atoms with E-state index in [0.29, 0.717) is 23.6 Å². The fraction of sp³-hybridized carbons (Fsp3) is 0.533. The lowest BCUT2D eigenvalue weighted by molar-refractivity contribution is 0.1000. The van der Waals surface area contributed by atoms with Crippen LogP contribution in [0.4, 0.5) is 10.1 Å². The Morgan fingerprint density at radius 3 is 2.70 bits per heavy atom. The topological polar surface area (TPSA) is 72.4 Å². The number of nitrogens with two attached hydrogens (primary N) is 2. The molecule has 20 heavy (non-hydrogen) atoms. The Bertz CT molecular complexity index is 534. The zero-order chi connectivity index (χ0) is 14.3. The van der Waals surface area contributed by atoms with Gasteiger partial charge in [0, 0.05) is 24.7 Å². The highest BCUT2D eigenvalue weighted by atomic mass is 19.1. The number of hydrogen-bond donors (Lipinski definition) is 2. The first-order valence-corrected chi connectivity index (χ1v) is 7.14. The maximum atomic E-state index is 14.1. The SMILES string of the molecule is NC(=O)c1ccc(N2C[C@H]3CCC(N)C[C@H]3C2)c(F)c1. The van der Waals surface area contributed by atoms with E-state index in [2.05, 4.69) is 4.90 Å². The van der Waals surface area contributed by atoms with E-state index in [1.54, 1.807) is 12.1 Å². The van der Waals surface area contributed by atoms with Gasteiger partial charge in [0.25, 0.3) is 0 Å². The third-order valence-electron chi connectivity index (χ3n) is 4.66. The second-order valence-corrected chi connectivity index (χ2v) is 6.03. The van der Waals surface area contributed by atoms with Crippen molar-refractivity contribution in [2.75, 3.05) is 18.0 Å². The Kier molecular flexibility index (Phi) is 3.38. The van der Waals surface area contributed by atoms with Crippen molar-refractivity contribution in [3.05, 3.63) is 29.6 Å². The summed E-state index contributed by atoms with van der Waals surface area (Å²) in [6.45, 7) is 1.73. The van der Waals surface area contributed by atoms with Gasteiger partial charge in [0.2, 0.25) is 5.91 Å². The minimum absolute atomic E-state index is 0.213. The molecule has 1 saturated heterocycles. The zero-order valence-corrected chi connectivity index (χ0v) is 11.4. The molecule has 1 aromatic carbocycles. The van der Waals surface area contributed by atoms with Gasteiger partial charge >= 0.3 is 0 Å². The van der Waals surface area contributed by atoms with Gasteiger partial charge < -0.3 is 16.4 Å². The Balaban J connectivity index is 1.79. The maximum Gasteiger partial charge on any atom is 0.248 e. The smallest absolute Gasteiger partial charge is 0.248 e. The van der Waals surface area contributed by atoms with Crippen LogP contribution in [0, 0.1) is 17.7 Å². The van der Waals surface area contributed by atoms with Crippen LogP contribution < -0.4 is 16.4 Å². The molecule has 4 nitrogen and oxygen atoms in total. The van der Waals surface area contributed by atoms with Crippen molar-refractivity contribution >= 4 is 11.6 Å². The lowest BCUT2D eigenvalue weighted by atomic mass is 9.79. The minimum Gasteiger partial charge on any atom is -0.369 e. The van der Waals surface area contributed by atoms with Crippen molar-refractivity contribution in [2.45, 2.75) is 25.3 Å². The Hall–Kier alpha value is -1.62. The molecule has 5 heteroatoms. The molecular weight excluding hydrogens is 257 g/mol. The summed E-state index contributed by atoms with van der Waals surface area (Å²) in [7, 11) is 0. The van der Waals surface area contributed by atoms with Gasteiger partial charge in [-0.2, -0.15) is 0 Å². The van der Waals surface area contributed by atoms with Gasteiger partial charge in [-0.25, -0.2) is 4.39 Å². The van der Waals surface area contributed by atoms with E-state index in [4.69, 9.17) is 11.5 Å². The van der Waals surface area contributed by atoms with Gasteiger partial charge in [-0.05, 0) is 49.3 Å². The predicted molar refractivity (Wildman–Crippen MR) is 75.9 cm³/mol. The van der Waals surface area contributed by atoms with E-state index < -0.39 is 5.91 Å². The second-order valence-electron chi connectivity index (χ2n) is 6.03. The first kappa shape index (κ1) is 13.4. The molecule has 0 radical (unpaired) electrons. The average molecular weight is 277 g/mol. The number of halogens is 1. The van der Waals surface area contributed by atoms with Crippen LogP contribution >= 0.6 is 0 Å². The predicted octanol–water partition coefficient (Wildman–Crippen LogP) is 1.49. The van der Waals surface area contributed by atoms with E-state index >= 15 is 0 Å². The molecule has 1 aliphatic carbocycles. The third kappa shape index (κ3) is 2.38. The molecule has 0 bridgehead atoms. The minimum atomic E-state index is -0.600. The molecule has 1 aromatic rings. The van der Waals surface area contributed by atoms with Crippen LogP contribution in [0.15, 0.2) is 18.2 Å². The molecule has 108 valence electrons. The summed E-state index contributed by atoms with van der Waals surface area (Å²) in [4.78, 5) is 13.1. The molecule has 1 aliphatic heterocycles. The number of rotatable bonds is 2. The van der Waals surface area contributed by atoms with Crippen molar-refractivity contribution in [3.8, 4) is 0 Å². The molecule has 1 amide bonds. The largest absolute Gasteiger partial charge is 0.369 e. The monoisotopic (exact) mass is 277 g/mol. The van der Waals surface area contributed by atoms with Crippen LogP contribution in [0.2, 0.25) is 0 Å². The van der Waals surface area contributed by atoms with Gasteiger partial charge in [-0.3, -0.25) is 4.79 Å². The number of hydrogen-bond acceptors (Lipinski definition) is 3. The molecular formula is C15H20FN3O. The summed E-state index contributed by atoms with van der Waals surface area (Å²) >= 11 is 0. The lowest BCUT2D eigenvalue weighted by Gasteiger charge is -2.27. The number of carbonyl (C=O) groups excluding carboxylic acids is 1. The van der Waals surface area contributed by atoms with Gasteiger partial charge in [-0.15, -0.1) is 0 Å². The van der Waals surface area contributed by atoms with E-state index in [1.165, 1.54) is 6.07 Å². The molecule has 1 heterocycles. The average Bonchev–Trinajstić information content (AvgIpc) is 2.80. The van der Waals surface area contributed by atoms with Crippen molar-refractivity contribution in [3.63, 3.8) is 0 Å². The molecule has 2 aliphatic rings. The van der Waals surface area contributed by atoms with Gasteiger partial charge in [-0.1, -0.05) is 0 Å². The van der Waals surface area contributed by atoms with Crippen molar-refractivity contribution in [2.24, 2.45) is 23.3 Å². The lowest BCUT2D eigenvalue weighted by Crippen LogP contribution is -2.32. The molecule has 3 atom stereocenters. The maximum absolute atomic E-state index is 14.1. The first-order valence-electron chi connectivity index (χ1n) is 7.14. The summed E-state index contributed by atoms with van der Waals surface area (Å²) in [5, 5.41) is 0. The number of carbonyl (C=O) groups is 1. The van der Waals surface area contributed by atoms with E-state index in [-0.39, 0.29) is 11.4 Å². The third-order valence-corrected chi connectivity index (χ3v) is 4.66. The van der Waals surface area contributed by atoms with Crippen molar-refractivity contribution < 1.29 is 9.18 Å². The number of nitrogens with zero attached hydrogens (tertiary/aromatic N) is 1. The van der Waals surface area contributed by atoms with Crippen LogP contribution in [0.25, 0.3) is 0 Å². The molecule has 4 N–H and O–H groups in total.